The number of rotatable bonds is 6. The average molecular weight is 616 g/mol. The van der Waals surface area contributed by atoms with Gasteiger partial charge in [0.2, 0.25) is 5.69 Å². The van der Waals surface area contributed by atoms with E-state index in [4.69, 9.17) is 32.0 Å². The van der Waals surface area contributed by atoms with Crippen molar-refractivity contribution >= 4 is 5.69 Å². The third kappa shape index (κ3) is 6.09. The van der Waals surface area contributed by atoms with Crippen molar-refractivity contribution in [2.24, 2.45) is 0 Å². The van der Waals surface area contributed by atoms with E-state index in [-0.39, 0.29) is 0 Å². The van der Waals surface area contributed by atoms with Gasteiger partial charge in [0.25, 0.3) is 0 Å². The van der Waals surface area contributed by atoms with E-state index in [1.54, 1.807) is 36.8 Å². The number of benzene rings is 3. The van der Waals surface area contributed by atoms with E-state index in [0.717, 1.165) is 50.5 Å². The molecule has 0 atom stereocenters. The quantitative estimate of drug-likeness (QED) is 0.171. The Morgan fingerprint density at radius 2 is 0.750 bits per heavy atom. The van der Waals surface area contributed by atoms with Gasteiger partial charge in [0.1, 0.15) is 12.1 Å². The van der Waals surface area contributed by atoms with Crippen LogP contribution in [-0.4, -0.2) is 29.9 Å². The Morgan fingerprint density at radius 3 is 1.02 bits per heavy atom. The average Bonchev–Trinajstić information content (AvgIpc) is 3.18. The SMILES string of the molecule is [C-]#[N+]c1ccc(-c2ccc(-c3nc(-c4ccc(-c5ccc(C#N)cn5)cc4)nc(-c4ccc(-c5ccc(C#N)cn5)cc4)n3)cc2)nc1. The summed E-state index contributed by atoms with van der Waals surface area (Å²) in [6, 6.07) is 38.3. The highest BCUT2D eigenvalue weighted by Crippen LogP contribution is 2.29. The molecule has 0 N–H and O–H groups in total. The summed E-state index contributed by atoms with van der Waals surface area (Å²) in [4.78, 5) is 31.3. The number of nitriles is 2. The van der Waals surface area contributed by atoms with Gasteiger partial charge in [0, 0.05) is 52.0 Å². The number of nitrogens with zero attached hydrogens (tertiary/aromatic N) is 9. The van der Waals surface area contributed by atoms with Crippen LogP contribution in [0.3, 0.4) is 0 Å². The van der Waals surface area contributed by atoms with Gasteiger partial charge < -0.3 is 0 Å². The Labute approximate surface area is 276 Å². The molecule has 9 heteroatoms. The van der Waals surface area contributed by atoms with E-state index in [1.165, 1.54) is 0 Å². The lowest BCUT2D eigenvalue weighted by atomic mass is 10.1. The number of pyridine rings is 3. The molecule has 4 heterocycles. The number of aromatic nitrogens is 6. The van der Waals surface area contributed by atoms with Crippen LogP contribution in [0.1, 0.15) is 11.1 Å². The van der Waals surface area contributed by atoms with Crippen LogP contribution in [0.5, 0.6) is 0 Å². The molecule has 7 aromatic rings. The summed E-state index contributed by atoms with van der Waals surface area (Å²) in [5.41, 5.74) is 8.89. The standard InChI is InChI=1S/C39H21N9/c1-42-33-16-19-36(45-24-33)29-8-14-32(15-9-29)39-47-37(30-10-4-27(5-11-30)34-17-2-25(20-40)22-43-34)46-38(48-39)31-12-6-28(7-13-31)35-18-3-26(21-41)23-44-35/h2-19,22-24H. The largest absolute Gasteiger partial charge is 0.268 e. The Bertz CT molecular complexity index is 2080. The van der Waals surface area contributed by atoms with E-state index in [2.05, 4.69) is 31.9 Å². The zero-order chi connectivity index (χ0) is 32.9. The van der Waals surface area contributed by atoms with Crippen LogP contribution in [-0.2, 0) is 0 Å². The first kappa shape index (κ1) is 29.3. The summed E-state index contributed by atoms with van der Waals surface area (Å²) in [7, 11) is 0. The van der Waals surface area contributed by atoms with Gasteiger partial charge in [-0.15, -0.1) is 0 Å². The van der Waals surface area contributed by atoms with Gasteiger partial charge in [-0.25, -0.2) is 19.8 Å². The second-order valence-electron chi connectivity index (χ2n) is 10.6. The van der Waals surface area contributed by atoms with E-state index in [9.17, 15) is 0 Å². The van der Waals surface area contributed by atoms with Crippen LogP contribution in [0.15, 0.2) is 128 Å². The summed E-state index contributed by atoms with van der Waals surface area (Å²) >= 11 is 0. The van der Waals surface area contributed by atoms with E-state index in [1.807, 2.05) is 91.0 Å². The van der Waals surface area contributed by atoms with Crippen LogP contribution in [0.2, 0.25) is 0 Å². The van der Waals surface area contributed by atoms with Crippen LogP contribution in [0.25, 0.3) is 72.8 Å². The minimum absolute atomic E-state index is 0.489. The first-order chi connectivity index (χ1) is 23.6. The molecule has 0 aliphatic carbocycles. The van der Waals surface area contributed by atoms with Crippen molar-refractivity contribution < 1.29 is 0 Å². The van der Waals surface area contributed by atoms with Crippen molar-refractivity contribution in [2.75, 3.05) is 0 Å². The van der Waals surface area contributed by atoms with Crippen LogP contribution < -0.4 is 0 Å². The summed E-state index contributed by atoms with van der Waals surface area (Å²) in [5.74, 6) is 1.52. The lowest BCUT2D eigenvalue weighted by Crippen LogP contribution is -2.00. The van der Waals surface area contributed by atoms with Gasteiger partial charge in [0.15, 0.2) is 17.5 Å². The normalized spacial score (nSPS) is 10.4. The molecule has 0 aliphatic heterocycles. The molecule has 222 valence electrons. The van der Waals surface area contributed by atoms with Gasteiger partial charge in [-0.1, -0.05) is 78.9 Å². The fourth-order valence-corrected chi connectivity index (χ4v) is 5.02. The summed E-state index contributed by atoms with van der Waals surface area (Å²) in [5, 5.41) is 18.2. The van der Waals surface area contributed by atoms with Gasteiger partial charge in [-0.3, -0.25) is 15.0 Å². The predicted octanol–water partition coefficient (Wildman–Crippen LogP) is 8.35. The first-order valence-electron chi connectivity index (χ1n) is 14.7. The molecule has 0 amide bonds. The van der Waals surface area contributed by atoms with Crippen LogP contribution >= 0.6 is 0 Å². The maximum Gasteiger partial charge on any atom is 0.205 e. The van der Waals surface area contributed by atoms with Gasteiger partial charge in [0.05, 0.1) is 34.8 Å². The minimum atomic E-state index is 0.489. The third-order valence-electron chi connectivity index (χ3n) is 7.61. The maximum absolute atomic E-state index is 9.10. The molecule has 9 nitrogen and oxygen atoms in total. The van der Waals surface area contributed by atoms with E-state index in [0.29, 0.717) is 34.3 Å². The molecule has 7 rings (SSSR count). The molecule has 3 aromatic carbocycles. The fraction of sp³-hybridized carbons (Fsp3) is 0. The van der Waals surface area contributed by atoms with Crippen molar-refractivity contribution in [3.63, 3.8) is 0 Å². The Hall–Kier alpha value is -7.41. The maximum atomic E-state index is 9.10. The van der Waals surface area contributed by atoms with Crippen LogP contribution in [0, 0.1) is 29.2 Å². The highest BCUT2D eigenvalue weighted by atomic mass is 15.0. The molecule has 0 saturated heterocycles. The fourth-order valence-electron chi connectivity index (χ4n) is 5.02. The molecule has 0 bridgehead atoms. The van der Waals surface area contributed by atoms with Crippen molar-refractivity contribution in [1.29, 1.82) is 10.5 Å². The van der Waals surface area contributed by atoms with Crippen molar-refractivity contribution in [3.8, 4) is 80.1 Å². The van der Waals surface area contributed by atoms with Gasteiger partial charge in [-0.05, 0) is 30.3 Å². The lowest BCUT2D eigenvalue weighted by Gasteiger charge is -2.10. The van der Waals surface area contributed by atoms with Gasteiger partial charge >= 0.3 is 0 Å². The van der Waals surface area contributed by atoms with E-state index >= 15 is 0 Å². The second kappa shape index (κ2) is 12.9. The topological polar surface area (TPSA) is 129 Å². The first-order valence-corrected chi connectivity index (χ1v) is 14.7. The smallest absolute Gasteiger partial charge is 0.205 e. The molecule has 0 saturated carbocycles. The summed E-state index contributed by atoms with van der Waals surface area (Å²) in [6.07, 6.45) is 4.67. The highest BCUT2D eigenvalue weighted by molar-refractivity contribution is 5.72. The Balaban J connectivity index is 1.26. The van der Waals surface area contributed by atoms with E-state index < -0.39 is 0 Å². The molecule has 0 fully saturated rings. The lowest BCUT2D eigenvalue weighted by molar-refractivity contribution is 1.07. The molecule has 0 unspecified atom stereocenters. The molecule has 4 aromatic heterocycles. The van der Waals surface area contributed by atoms with Crippen LogP contribution in [0.4, 0.5) is 5.69 Å². The molecule has 0 spiro atoms. The molecule has 48 heavy (non-hydrogen) atoms. The summed E-state index contributed by atoms with van der Waals surface area (Å²) < 4.78 is 0. The highest BCUT2D eigenvalue weighted by Gasteiger charge is 2.14. The molecular weight excluding hydrogens is 594 g/mol. The summed E-state index contributed by atoms with van der Waals surface area (Å²) in [6.45, 7) is 7.17. The third-order valence-corrected chi connectivity index (χ3v) is 7.61. The molecule has 0 aliphatic rings. The van der Waals surface area contributed by atoms with Gasteiger partial charge in [-0.2, -0.15) is 10.5 Å². The second-order valence-corrected chi connectivity index (χ2v) is 10.6. The number of hydrogen-bond donors (Lipinski definition) is 0. The zero-order valence-corrected chi connectivity index (χ0v) is 25.1. The monoisotopic (exact) mass is 615 g/mol. The number of hydrogen-bond acceptors (Lipinski definition) is 8. The zero-order valence-electron chi connectivity index (χ0n) is 25.1. The Morgan fingerprint density at radius 1 is 0.417 bits per heavy atom. The van der Waals surface area contributed by atoms with Crippen molar-refractivity contribution in [1.82, 2.24) is 29.9 Å². The van der Waals surface area contributed by atoms with Crippen molar-refractivity contribution in [2.45, 2.75) is 0 Å². The Kier molecular flexibility index (Phi) is 7.88. The predicted molar refractivity (Wildman–Crippen MR) is 182 cm³/mol. The molecule has 0 radical (unpaired) electrons. The minimum Gasteiger partial charge on any atom is -0.268 e. The van der Waals surface area contributed by atoms with Crippen molar-refractivity contribution in [3.05, 3.63) is 150 Å². The molecular formula is C39H21N9.